The molecule has 162 valence electrons. The van der Waals surface area contributed by atoms with E-state index in [9.17, 15) is 9.59 Å². The second-order valence-electron chi connectivity index (χ2n) is 8.48. The van der Waals surface area contributed by atoms with Gasteiger partial charge in [-0.1, -0.05) is 103 Å². The average Bonchev–Trinajstić information content (AvgIpc) is 3.00. The van der Waals surface area contributed by atoms with Crippen molar-refractivity contribution in [3.63, 3.8) is 0 Å². The lowest BCUT2D eigenvalue weighted by Gasteiger charge is -2.05. The summed E-state index contributed by atoms with van der Waals surface area (Å²) < 4.78 is 4.58. The van der Waals surface area contributed by atoms with Crippen molar-refractivity contribution in [2.45, 2.75) is 129 Å². The van der Waals surface area contributed by atoms with Gasteiger partial charge in [0.1, 0.15) is 0 Å². The van der Waals surface area contributed by atoms with E-state index in [-0.39, 0.29) is 17.9 Å². The molecule has 1 fully saturated rings. The normalized spacial score (nSPS) is 17.0. The molecule has 0 radical (unpaired) electrons. The van der Waals surface area contributed by atoms with Crippen molar-refractivity contribution in [1.29, 1.82) is 0 Å². The molecule has 1 aliphatic heterocycles. The smallest absolute Gasteiger partial charge is 0.317 e. The maximum Gasteiger partial charge on any atom is 0.317 e. The number of allylic oxidation sites excluding steroid dienone is 2. The topological polar surface area (TPSA) is 43.4 Å². The summed E-state index contributed by atoms with van der Waals surface area (Å²) in [5.41, 5.74) is 0. The molecule has 1 unspecified atom stereocenters. The molecule has 1 heterocycles. The lowest BCUT2D eigenvalue weighted by atomic mass is 9.98. The van der Waals surface area contributed by atoms with Crippen LogP contribution >= 0.6 is 0 Å². The van der Waals surface area contributed by atoms with Gasteiger partial charge >= 0.3 is 11.9 Å². The molecule has 1 saturated heterocycles. The first kappa shape index (κ1) is 24.9. The molecule has 3 nitrogen and oxygen atoms in total. The van der Waals surface area contributed by atoms with Crippen molar-refractivity contribution in [2.75, 3.05) is 0 Å². The van der Waals surface area contributed by atoms with Crippen molar-refractivity contribution in [2.24, 2.45) is 5.92 Å². The number of esters is 2. The molecule has 0 bridgehead atoms. The van der Waals surface area contributed by atoms with Crippen molar-refractivity contribution < 1.29 is 14.3 Å². The molecule has 0 aliphatic carbocycles. The number of carbonyl (C=O) groups is 2. The minimum atomic E-state index is -0.343. The first-order chi connectivity index (χ1) is 13.7. The van der Waals surface area contributed by atoms with Crippen LogP contribution < -0.4 is 0 Å². The van der Waals surface area contributed by atoms with Crippen LogP contribution in [0.2, 0.25) is 0 Å². The lowest BCUT2D eigenvalue weighted by Crippen LogP contribution is -2.06. The van der Waals surface area contributed by atoms with Gasteiger partial charge in [-0.25, -0.2) is 0 Å². The molecule has 28 heavy (non-hydrogen) atoms. The Kier molecular flexibility index (Phi) is 16.0. The zero-order valence-electron chi connectivity index (χ0n) is 18.4. The van der Waals surface area contributed by atoms with Crippen molar-refractivity contribution >= 4 is 11.9 Å². The minimum absolute atomic E-state index is 0.159. The third kappa shape index (κ3) is 14.0. The fourth-order valence-corrected chi connectivity index (χ4v) is 3.91. The maximum atomic E-state index is 11.4. The van der Waals surface area contributed by atoms with Gasteiger partial charge in [0.05, 0.1) is 12.3 Å². The van der Waals surface area contributed by atoms with E-state index in [2.05, 4.69) is 23.8 Å². The van der Waals surface area contributed by atoms with Crippen molar-refractivity contribution in [3.8, 4) is 0 Å². The van der Waals surface area contributed by atoms with E-state index < -0.39 is 0 Å². The molecule has 0 aromatic carbocycles. The van der Waals surface area contributed by atoms with E-state index in [4.69, 9.17) is 0 Å². The average molecular weight is 393 g/mol. The summed E-state index contributed by atoms with van der Waals surface area (Å²) in [5, 5.41) is 0. The molecule has 0 aromatic heterocycles. The van der Waals surface area contributed by atoms with Crippen LogP contribution in [0.5, 0.6) is 0 Å². The summed E-state index contributed by atoms with van der Waals surface area (Å²) in [7, 11) is 0. The molecule has 0 spiro atoms. The van der Waals surface area contributed by atoms with Crippen molar-refractivity contribution in [3.05, 3.63) is 12.2 Å². The number of cyclic esters (lactones) is 2. The van der Waals surface area contributed by atoms with Crippen LogP contribution in [0.1, 0.15) is 129 Å². The predicted octanol–water partition coefficient (Wildman–Crippen LogP) is 7.67. The second kappa shape index (κ2) is 17.9. The number of hydrogen-bond donors (Lipinski definition) is 0. The maximum absolute atomic E-state index is 11.4. The lowest BCUT2D eigenvalue weighted by molar-refractivity contribution is -0.153. The Balaban J connectivity index is 1.72. The fraction of sp³-hybridized carbons (Fsp3) is 0.840. The molecular formula is C25H44O3. The molecule has 0 N–H and O–H groups in total. The molecule has 1 aliphatic rings. The van der Waals surface area contributed by atoms with E-state index in [1.807, 2.05) is 0 Å². The van der Waals surface area contributed by atoms with Crippen LogP contribution in [0.4, 0.5) is 0 Å². The molecule has 1 rings (SSSR count). The van der Waals surface area contributed by atoms with Gasteiger partial charge in [0.2, 0.25) is 0 Å². The first-order valence-electron chi connectivity index (χ1n) is 12.1. The van der Waals surface area contributed by atoms with Gasteiger partial charge in [0.15, 0.2) is 0 Å². The number of rotatable bonds is 19. The summed E-state index contributed by atoms with van der Waals surface area (Å²) in [6, 6.07) is 0. The third-order valence-corrected chi connectivity index (χ3v) is 5.78. The largest absolute Gasteiger partial charge is 0.393 e. The first-order valence-corrected chi connectivity index (χ1v) is 12.1. The third-order valence-electron chi connectivity index (χ3n) is 5.78. The number of carbonyl (C=O) groups excluding carboxylic acids is 2. The Morgan fingerprint density at radius 1 is 0.714 bits per heavy atom. The number of ether oxygens (including phenoxy) is 1. The summed E-state index contributed by atoms with van der Waals surface area (Å²) in [6.45, 7) is 2.27. The van der Waals surface area contributed by atoms with Gasteiger partial charge < -0.3 is 4.74 Å². The van der Waals surface area contributed by atoms with E-state index in [0.29, 0.717) is 6.42 Å². The van der Waals surface area contributed by atoms with E-state index in [0.717, 1.165) is 12.8 Å². The Labute approximate surface area is 173 Å². The van der Waals surface area contributed by atoms with E-state index >= 15 is 0 Å². The Hall–Kier alpha value is -1.12. The monoisotopic (exact) mass is 392 g/mol. The number of hydrogen-bond acceptors (Lipinski definition) is 3. The summed E-state index contributed by atoms with van der Waals surface area (Å²) >= 11 is 0. The summed E-state index contributed by atoms with van der Waals surface area (Å²) in [6.07, 6.45) is 28.2. The van der Waals surface area contributed by atoms with Crippen molar-refractivity contribution in [1.82, 2.24) is 0 Å². The van der Waals surface area contributed by atoms with E-state index in [1.54, 1.807) is 0 Å². The van der Waals surface area contributed by atoms with Crippen LogP contribution in [-0.4, -0.2) is 11.9 Å². The van der Waals surface area contributed by atoms with Crippen LogP contribution in [0.3, 0.4) is 0 Å². The minimum Gasteiger partial charge on any atom is -0.393 e. The Bertz CT molecular complexity index is 428. The van der Waals surface area contributed by atoms with Crippen LogP contribution in [0, 0.1) is 5.92 Å². The van der Waals surface area contributed by atoms with Gasteiger partial charge in [-0.2, -0.15) is 0 Å². The quantitative estimate of drug-likeness (QED) is 0.0980. The second-order valence-corrected chi connectivity index (χ2v) is 8.48. The van der Waals surface area contributed by atoms with Gasteiger partial charge in [-0.05, 0) is 32.1 Å². The SMILES string of the molecule is CCCCCC/C=C/CCCCCCCCCCCCCC1CC(=O)OC1=O. The Morgan fingerprint density at radius 2 is 1.18 bits per heavy atom. The molecule has 0 saturated carbocycles. The molecule has 0 amide bonds. The highest BCUT2D eigenvalue weighted by Crippen LogP contribution is 2.22. The Morgan fingerprint density at radius 3 is 1.64 bits per heavy atom. The molecular weight excluding hydrogens is 348 g/mol. The summed E-state index contributed by atoms with van der Waals surface area (Å²) in [5.74, 6) is -0.804. The van der Waals surface area contributed by atoms with Gasteiger partial charge in [0, 0.05) is 0 Å². The number of unbranched alkanes of at least 4 members (excludes halogenated alkanes) is 15. The van der Waals surface area contributed by atoms with Crippen LogP contribution in [0.15, 0.2) is 12.2 Å². The highest BCUT2D eigenvalue weighted by Gasteiger charge is 2.32. The van der Waals surface area contributed by atoms with Gasteiger partial charge in [-0.15, -0.1) is 0 Å². The van der Waals surface area contributed by atoms with Crippen LogP contribution in [-0.2, 0) is 14.3 Å². The fourth-order valence-electron chi connectivity index (χ4n) is 3.91. The van der Waals surface area contributed by atoms with Gasteiger partial charge in [-0.3, -0.25) is 9.59 Å². The highest BCUT2D eigenvalue weighted by molar-refractivity contribution is 5.94. The highest BCUT2D eigenvalue weighted by atomic mass is 16.6. The zero-order chi connectivity index (χ0) is 20.3. The van der Waals surface area contributed by atoms with E-state index in [1.165, 1.54) is 103 Å². The molecule has 1 atom stereocenters. The predicted molar refractivity (Wildman–Crippen MR) is 117 cm³/mol. The van der Waals surface area contributed by atoms with Crippen LogP contribution in [0.25, 0.3) is 0 Å². The standard InChI is InChI=1S/C25H44O3/c1-2-3-4-5-6-7-8-9-10-11-12-13-14-15-16-17-18-19-20-21-23-22-24(26)28-25(23)27/h7-8,23H,2-6,9-22H2,1H3/b8-7+. The van der Waals surface area contributed by atoms with Gasteiger partial charge in [0.25, 0.3) is 0 Å². The zero-order valence-corrected chi connectivity index (χ0v) is 18.4. The molecule has 0 aromatic rings. The summed E-state index contributed by atoms with van der Waals surface area (Å²) in [4.78, 5) is 22.4. The molecule has 3 heteroatoms.